The van der Waals surface area contributed by atoms with E-state index in [0.717, 1.165) is 6.54 Å². The second kappa shape index (κ2) is 8.63. The Balaban J connectivity index is 2.42. The maximum Gasteiger partial charge on any atom is 0.128 e. The molecule has 0 amide bonds. The summed E-state index contributed by atoms with van der Waals surface area (Å²) >= 11 is 0. The Kier molecular flexibility index (Phi) is 7.10. The second-order valence-corrected chi connectivity index (χ2v) is 4.86. The number of carboxylic acids is 1. The molecule has 0 aliphatic heterocycles. The lowest BCUT2D eigenvalue weighted by Gasteiger charge is -2.18. The van der Waals surface area contributed by atoms with Gasteiger partial charge in [-0.1, -0.05) is 31.9 Å². The molecule has 1 heterocycles. The van der Waals surface area contributed by atoms with Gasteiger partial charge in [0.15, 0.2) is 0 Å². The predicted molar refractivity (Wildman–Crippen MR) is 69.7 cm³/mol. The Morgan fingerprint density at radius 2 is 1.89 bits per heavy atom. The summed E-state index contributed by atoms with van der Waals surface area (Å²) in [6.45, 7) is 8.37. The average Bonchev–Trinajstić information content (AvgIpc) is 2.87. The molecule has 6 heteroatoms. The first-order valence-electron chi connectivity index (χ1n) is 7.12. The summed E-state index contributed by atoms with van der Waals surface area (Å²) in [6.07, 6.45) is 6.29. The van der Waals surface area contributed by atoms with E-state index in [1.807, 2.05) is 0 Å². The number of aromatic carboxylic acids is 1. The van der Waals surface area contributed by atoms with Gasteiger partial charge in [-0.15, -0.1) is 5.10 Å². The van der Waals surface area contributed by atoms with Crippen LogP contribution in [0.3, 0.4) is 0 Å². The highest BCUT2D eigenvalue weighted by atomic mass is 16.4. The molecule has 0 aromatic carbocycles. The van der Waals surface area contributed by atoms with Crippen molar-refractivity contribution >= 4 is 5.97 Å². The van der Waals surface area contributed by atoms with E-state index >= 15 is 0 Å². The van der Waals surface area contributed by atoms with Crippen LogP contribution in [-0.2, 0) is 6.54 Å². The molecule has 6 nitrogen and oxygen atoms in total. The van der Waals surface area contributed by atoms with Crippen molar-refractivity contribution in [3.8, 4) is 0 Å². The van der Waals surface area contributed by atoms with Crippen molar-refractivity contribution in [1.29, 1.82) is 0 Å². The van der Waals surface area contributed by atoms with Crippen molar-refractivity contribution in [1.82, 2.24) is 15.0 Å². The number of hydrogen-bond donors (Lipinski definition) is 1. The van der Waals surface area contributed by atoms with Crippen LogP contribution in [0.25, 0.3) is 0 Å². The van der Waals surface area contributed by atoms with Crippen LogP contribution in [-0.4, -0.2) is 40.6 Å². The molecule has 0 aliphatic rings. The first-order chi connectivity index (χ1) is 9.17. The molecule has 0 fully saturated rings. The maximum atomic E-state index is 10.6. The predicted octanol–water partition coefficient (Wildman–Crippen LogP) is -0.873. The Hall–Kier alpha value is -1.43. The first kappa shape index (κ1) is 15.6. The Morgan fingerprint density at radius 1 is 1.26 bits per heavy atom. The number of carboxylic acid groups (broad SMARTS) is 1. The van der Waals surface area contributed by atoms with Gasteiger partial charge in [-0.05, 0) is 12.8 Å². The summed E-state index contributed by atoms with van der Waals surface area (Å²) in [6, 6.07) is 0. The van der Waals surface area contributed by atoms with Gasteiger partial charge in [-0.2, -0.15) is 0 Å². The zero-order valence-electron chi connectivity index (χ0n) is 11.9. The van der Waals surface area contributed by atoms with Crippen LogP contribution in [0.5, 0.6) is 0 Å². The van der Waals surface area contributed by atoms with E-state index in [-0.39, 0.29) is 5.69 Å². The molecular weight excluding hydrogens is 244 g/mol. The molecule has 0 saturated carbocycles. The fourth-order valence-electron chi connectivity index (χ4n) is 2.00. The average molecular weight is 268 g/mol. The lowest BCUT2D eigenvalue weighted by atomic mass is 10.2. The standard InChI is InChI=1S/C13H24N4O2/c1-3-5-7-16(8-6-4-2)9-10-17-11-12(13(18)19)14-15-17/h11H,3-10H2,1-2H3,(H,18,19). The molecule has 0 unspecified atom stereocenters. The number of rotatable bonds is 10. The van der Waals surface area contributed by atoms with Gasteiger partial charge in [0.2, 0.25) is 0 Å². The summed E-state index contributed by atoms with van der Waals surface area (Å²) in [4.78, 5) is 12.2. The van der Waals surface area contributed by atoms with Crippen LogP contribution in [0.15, 0.2) is 6.20 Å². The number of quaternary nitrogens is 1. The third-order valence-electron chi connectivity index (χ3n) is 3.21. The number of nitrogens with one attached hydrogen (secondary N) is 1. The van der Waals surface area contributed by atoms with Gasteiger partial charge in [-0.25, -0.2) is 4.68 Å². The van der Waals surface area contributed by atoms with Gasteiger partial charge in [0.1, 0.15) is 5.69 Å². The molecule has 1 aromatic rings. The molecule has 0 bridgehead atoms. The minimum Gasteiger partial charge on any atom is -0.543 e. The van der Waals surface area contributed by atoms with Gasteiger partial charge in [0.05, 0.1) is 38.3 Å². The largest absolute Gasteiger partial charge is 0.543 e. The molecule has 0 spiro atoms. The highest BCUT2D eigenvalue weighted by Crippen LogP contribution is 1.90. The summed E-state index contributed by atoms with van der Waals surface area (Å²) in [7, 11) is 0. The molecule has 1 rings (SSSR count). The molecule has 0 atom stereocenters. The van der Waals surface area contributed by atoms with Crippen molar-refractivity contribution in [3.05, 3.63) is 11.9 Å². The van der Waals surface area contributed by atoms with E-state index in [1.54, 1.807) is 9.58 Å². The van der Waals surface area contributed by atoms with Crippen molar-refractivity contribution in [2.75, 3.05) is 19.6 Å². The number of aromatic nitrogens is 3. The molecule has 0 radical (unpaired) electrons. The number of carbonyl (C=O) groups is 1. The van der Waals surface area contributed by atoms with Crippen LogP contribution in [0, 0.1) is 0 Å². The van der Waals surface area contributed by atoms with E-state index < -0.39 is 5.97 Å². The minimum atomic E-state index is -1.27. The Labute approximate surface area is 114 Å². The fourth-order valence-corrected chi connectivity index (χ4v) is 2.00. The zero-order chi connectivity index (χ0) is 14.1. The van der Waals surface area contributed by atoms with E-state index in [1.165, 1.54) is 45.0 Å². The van der Waals surface area contributed by atoms with E-state index in [0.29, 0.717) is 6.54 Å². The minimum absolute atomic E-state index is 0.0938. The van der Waals surface area contributed by atoms with E-state index in [2.05, 4.69) is 24.2 Å². The summed E-state index contributed by atoms with van der Waals surface area (Å²) < 4.78 is 1.59. The number of unbranched alkanes of at least 4 members (excludes halogenated alkanes) is 2. The second-order valence-electron chi connectivity index (χ2n) is 4.86. The monoisotopic (exact) mass is 268 g/mol. The first-order valence-corrected chi connectivity index (χ1v) is 7.12. The number of hydrogen-bond acceptors (Lipinski definition) is 4. The Morgan fingerprint density at radius 3 is 2.37 bits per heavy atom. The van der Waals surface area contributed by atoms with Crippen LogP contribution < -0.4 is 10.0 Å². The van der Waals surface area contributed by atoms with Crippen molar-refractivity contribution in [3.63, 3.8) is 0 Å². The quantitative estimate of drug-likeness (QED) is 0.598. The van der Waals surface area contributed by atoms with Crippen molar-refractivity contribution in [2.24, 2.45) is 0 Å². The van der Waals surface area contributed by atoms with Crippen LogP contribution in [0.4, 0.5) is 0 Å². The third kappa shape index (κ3) is 5.83. The third-order valence-corrected chi connectivity index (χ3v) is 3.21. The van der Waals surface area contributed by atoms with Gasteiger partial charge < -0.3 is 14.8 Å². The normalized spacial score (nSPS) is 11.1. The van der Waals surface area contributed by atoms with Gasteiger partial charge in [0.25, 0.3) is 0 Å². The van der Waals surface area contributed by atoms with Gasteiger partial charge in [-0.3, -0.25) is 0 Å². The fraction of sp³-hybridized carbons (Fsp3) is 0.769. The van der Waals surface area contributed by atoms with E-state index in [9.17, 15) is 9.90 Å². The maximum absolute atomic E-state index is 10.6. The summed E-state index contributed by atoms with van der Waals surface area (Å²) in [5.74, 6) is -1.27. The van der Waals surface area contributed by atoms with E-state index in [4.69, 9.17) is 0 Å². The molecule has 1 aromatic heterocycles. The lowest BCUT2D eigenvalue weighted by molar-refractivity contribution is -0.901. The van der Waals surface area contributed by atoms with Crippen LogP contribution in [0.1, 0.15) is 50.0 Å². The van der Waals surface area contributed by atoms with Crippen LogP contribution >= 0.6 is 0 Å². The zero-order valence-corrected chi connectivity index (χ0v) is 11.9. The van der Waals surface area contributed by atoms with Gasteiger partial charge >= 0.3 is 0 Å². The molecule has 108 valence electrons. The van der Waals surface area contributed by atoms with Crippen molar-refractivity contribution in [2.45, 2.75) is 46.1 Å². The summed E-state index contributed by atoms with van der Waals surface area (Å²) in [5, 5.41) is 18.0. The lowest BCUT2D eigenvalue weighted by Crippen LogP contribution is -3.12. The van der Waals surface area contributed by atoms with Crippen LogP contribution in [0.2, 0.25) is 0 Å². The smallest absolute Gasteiger partial charge is 0.128 e. The number of carbonyl (C=O) groups excluding carboxylic acids is 1. The molecular formula is C13H24N4O2. The topological polar surface area (TPSA) is 75.3 Å². The molecule has 19 heavy (non-hydrogen) atoms. The Bertz CT molecular complexity index is 370. The molecule has 0 saturated heterocycles. The highest BCUT2D eigenvalue weighted by Gasteiger charge is 2.09. The SMILES string of the molecule is CCCC[NH+](CCCC)CCn1cc(C(=O)[O-])nn1. The molecule has 0 aliphatic carbocycles. The molecule has 1 N–H and O–H groups in total. The summed E-state index contributed by atoms with van der Waals surface area (Å²) in [5.41, 5.74) is -0.0938. The highest BCUT2D eigenvalue weighted by molar-refractivity contribution is 5.82. The number of nitrogens with zero attached hydrogens (tertiary/aromatic N) is 3. The van der Waals surface area contributed by atoms with Crippen molar-refractivity contribution < 1.29 is 14.8 Å². The van der Waals surface area contributed by atoms with Gasteiger partial charge in [0, 0.05) is 0 Å².